The van der Waals surface area contributed by atoms with Crippen LogP contribution in [0.3, 0.4) is 0 Å². The Morgan fingerprint density at radius 3 is 2.77 bits per heavy atom. The molecule has 0 amide bonds. The van der Waals surface area contributed by atoms with Crippen LogP contribution in [0.15, 0.2) is 29.6 Å². The number of halogens is 1. The number of nitrogens with one attached hydrogen (secondary N) is 1. The highest BCUT2D eigenvalue weighted by Gasteiger charge is 2.26. The lowest BCUT2D eigenvalue weighted by Gasteiger charge is -2.35. The Morgan fingerprint density at radius 1 is 1.36 bits per heavy atom. The molecule has 1 aromatic heterocycles. The maximum atomic E-state index is 9.97. The molecule has 6 heteroatoms. The van der Waals surface area contributed by atoms with E-state index in [0.717, 1.165) is 31.7 Å². The number of nitrogens with zero attached hydrogens (tertiary/aromatic N) is 1. The van der Waals surface area contributed by atoms with Gasteiger partial charge in [-0.2, -0.15) is 0 Å². The van der Waals surface area contributed by atoms with Gasteiger partial charge in [0.15, 0.2) is 11.5 Å². The van der Waals surface area contributed by atoms with Gasteiger partial charge < -0.3 is 15.2 Å². The van der Waals surface area contributed by atoms with E-state index in [1.165, 1.54) is 4.88 Å². The summed E-state index contributed by atoms with van der Waals surface area (Å²) >= 11 is 7.92. The molecule has 1 saturated heterocycles. The molecule has 1 aliphatic heterocycles. The van der Waals surface area contributed by atoms with Gasteiger partial charge in [0.25, 0.3) is 0 Å². The molecule has 0 unspecified atom stereocenters. The van der Waals surface area contributed by atoms with E-state index < -0.39 is 0 Å². The van der Waals surface area contributed by atoms with Crippen molar-refractivity contribution in [3.63, 3.8) is 0 Å². The number of phenols is 1. The molecule has 118 valence electrons. The Bertz CT molecular complexity index is 627. The second kappa shape index (κ2) is 6.87. The van der Waals surface area contributed by atoms with Crippen molar-refractivity contribution in [3.8, 4) is 11.5 Å². The first-order chi connectivity index (χ1) is 10.7. The number of aromatic hydroxyl groups is 1. The van der Waals surface area contributed by atoms with Gasteiger partial charge in [0, 0.05) is 31.1 Å². The third-order valence-electron chi connectivity index (χ3n) is 3.92. The van der Waals surface area contributed by atoms with Crippen molar-refractivity contribution in [3.05, 3.63) is 45.1 Å². The molecular formula is C16H19ClN2O2S. The zero-order valence-electron chi connectivity index (χ0n) is 12.4. The maximum absolute atomic E-state index is 9.97. The van der Waals surface area contributed by atoms with Gasteiger partial charge in [0.05, 0.1) is 18.2 Å². The molecule has 2 N–H and O–H groups in total. The first kappa shape index (κ1) is 15.6. The number of thiophene rings is 1. The smallest absolute Gasteiger partial charge is 0.176 e. The van der Waals surface area contributed by atoms with Gasteiger partial charge in [-0.1, -0.05) is 17.7 Å². The molecule has 0 spiro atoms. The van der Waals surface area contributed by atoms with Crippen LogP contribution in [0, 0.1) is 0 Å². The Hall–Kier alpha value is -1.27. The van der Waals surface area contributed by atoms with Crippen LogP contribution in [0.4, 0.5) is 0 Å². The molecule has 22 heavy (non-hydrogen) atoms. The average Bonchev–Trinajstić information content (AvgIpc) is 3.06. The van der Waals surface area contributed by atoms with E-state index in [1.54, 1.807) is 18.4 Å². The van der Waals surface area contributed by atoms with Crippen LogP contribution in [0.1, 0.15) is 16.5 Å². The summed E-state index contributed by atoms with van der Waals surface area (Å²) in [6.45, 7) is 3.91. The first-order valence-corrected chi connectivity index (χ1v) is 8.51. The third-order valence-corrected chi connectivity index (χ3v) is 5.13. The van der Waals surface area contributed by atoms with E-state index in [4.69, 9.17) is 16.3 Å². The highest BCUT2D eigenvalue weighted by molar-refractivity contribution is 7.10. The summed E-state index contributed by atoms with van der Waals surface area (Å²) in [5.41, 5.74) is 1.05. The zero-order chi connectivity index (χ0) is 15.5. The highest BCUT2D eigenvalue weighted by atomic mass is 35.5. The molecule has 0 aliphatic carbocycles. The third kappa shape index (κ3) is 3.08. The molecule has 0 saturated carbocycles. The molecule has 2 aromatic rings. The van der Waals surface area contributed by atoms with E-state index in [0.29, 0.717) is 10.8 Å². The van der Waals surface area contributed by atoms with Crippen LogP contribution in [-0.2, 0) is 0 Å². The molecule has 1 atom stereocenters. The number of ether oxygens (including phenoxy) is 1. The molecular weight excluding hydrogens is 320 g/mol. The summed E-state index contributed by atoms with van der Waals surface area (Å²) in [5, 5.41) is 15.8. The Labute approximate surface area is 139 Å². The Kier molecular flexibility index (Phi) is 4.88. The van der Waals surface area contributed by atoms with Crippen LogP contribution in [0.2, 0.25) is 5.02 Å². The number of rotatable bonds is 4. The van der Waals surface area contributed by atoms with Gasteiger partial charge in [-0.05, 0) is 29.1 Å². The monoisotopic (exact) mass is 338 g/mol. The van der Waals surface area contributed by atoms with Crippen LogP contribution in [-0.4, -0.2) is 43.3 Å². The normalized spacial score (nSPS) is 17.4. The molecule has 4 nitrogen and oxygen atoms in total. The van der Waals surface area contributed by atoms with Crippen LogP contribution >= 0.6 is 22.9 Å². The van der Waals surface area contributed by atoms with Gasteiger partial charge in [-0.3, -0.25) is 4.90 Å². The molecule has 3 rings (SSSR count). The zero-order valence-corrected chi connectivity index (χ0v) is 14.0. The fourth-order valence-electron chi connectivity index (χ4n) is 2.85. The molecule has 1 aromatic carbocycles. The van der Waals surface area contributed by atoms with Crippen molar-refractivity contribution in [2.75, 3.05) is 33.3 Å². The SMILES string of the molecule is COc1cc([C@@H](c2cccs2)N2CCNCC2)cc(Cl)c1O. The first-order valence-electron chi connectivity index (χ1n) is 7.25. The van der Waals surface area contributed by atoms with Gasteiger partial charge in [-0.25, -0.2) is 0 Å². The van der Waals surface area contributed by atoms with Crippen molar-refractivity contribution in [1.82, 2.24) is 10.2 Å². The quantitative estimate of drug-likeness (QED) is 0.899. The van der Waals surface area contributed by atoms with E-state index >= 15 is 0 Å². The summed E-state index contributed by atoms with van der Waals surface area (Å²) in [5.74, 6) is 0.414. The Morgan fingerprint density at radius 2 is 2.14 bits per heavy atom. The number of methoxy groups -OCH3 is 1. The summed E-state index contributed by atoms with van der Waals surface area (Å²) < 4.78 is 5.26. The van der Waals surface area contributed by atoms with Gasteiger partial charge in [0.1, 0.15) is 0 Å². The number of hydrogen-bond donors (Lipinski definition) is 2. The van der Waals surface area contributed by atoms with E-state index in [2.05, 4.69) is 27.7 Å². The predicted octanol–water partition coefficient (Wildman–Crippen LogP) is 3.11. The molecule has 1 fully saturated rings. The predicted molar refractivity (Wildman–Crippen MR) is 90.3 cm³/mol. The standard InChI is InChI=1S/C16H19ClN2O2S/c1-21-13-10-11(9-12(17)16(13)20)15(14-3-2-8-22-14)19-6-4-18-5-7-19/h2-3,8-10,15,18,20H,4-7H2,1H3/t15-/m0/s1. The largest absolute Gasteiger partial charge is 0.503 e. The van der Waals surface area contributed by atoms with Crippen molar-refractivity contribution >= 4 is 22.9 Å². The summed E-state index contributed by atoms with van der Waals surface area (Å²) in [6.07, 6.45) is 0. The molecule has 0 bridgehead atoms. The number of phenolic OH excluding ortho intramolecular Hbond substituents is 1. The second-order valence-corrected chi connectivity index (χ2v) is 6.64. The number of benzene rings is 1. The van der Waals surface area contributed by atoms with Gasteiger partial charge >= 0.3 is 0 Å². The number of piperazine rings is 1. The maximum Gasteiger partial charge on any atom is 0.176 e. The van der Waals surface area contributed by atoms with Crippen molar-refractivity contribution in [2.24, 2.45) is 0 Å². The van der Waals surface area contributed by atoms with Gasteiger partial charge in [-0.15, -0.1) is 11.3 Å². The molecule has 1 aliphatic rings. The highest BCUT2D eigenvalue weighted by Crippen LogP contribution is 2.40. The fraction of sp³-hybridized carbons (Fsp3) is 0.375. The lowest BCUT2D eigenvalue weighted by Crippen LogP contribution is -2.45. The van der Waals surface area contributed by atoms with Crippen molar-refractivity contribution in [2.45, 2.75) is 6.04 Å². The van der Waals surface area contributed by atoms with Gasteiger partial charge in [0.2, 0.25) is 0 Å². The second-order valence-electron chi connectivity index (χ2n) is 5.26. The summed E-state index contributed by atoms with van der Waals surface area (Å²) in [6, 6.07) is 8.06. The summed E-state index contributed by atoms with van der Waals surface area (Å²) in [7, 11) is 1.54. The lowest BCUT2D eigenvalue weighted by molar-refractivity contribution is 0.200. The minimum absolute atomic E-state index is 0.00171. The van der Waals surface area contributed by atoms with Crippen molar-refractivity contribution < 1.29 is 9.84 Å². The van der Waals surface area contributed by atoms with Crippen LogP contribution in [0.25, 0.3) is 0 Å². The van der Waals surface area contributed by atoms with E-state index in [9.17, 15) is 5.11 Å². The van der Waals surface area contributed by atoms with E-state index in [1.807, 2.05) is 12.1 Å². The van der Waals surface area contributed by atoms with Crippen LogP contribution in [0.5, 0.6) is 11.5 Å². The lowest BCUT2D eigenvalue weighted by atomic mass is 10.0. The van der Waals surface area contributed by atoms with Crippen molar-refractivity contribution in [1.29, 1.82) is 0 Å². The molecule has 2 heterocycles. The Balaban J connectivity index is 2.04. The van der Waals surface area contributed by atoms with Crippen LogP contribution < -0.4 is 10.1 Å². The fourth-order valence-corrected chi connectivity index (χ4v) is 3.95. The minimum atomic E-state index is -0.00171. The molecule has 0 radical (unpaired) electrons. The topological polar surface area (TPSA) is 44.7 Å². The minimum Gasteiger partial charge on any atom is -0.503 e. The summed E-state index contributed by atoms with van der Waals surface area (Å²) in [4.78, 5) is 3.70. The van der Waals surface area contributed by atoms with E-state index in [-0.39, 0.29) is 11.8 Å². The average molecular weight is 339 g/mol. The number of hydrogen-bond acceptors (Lipinski definition) is 5.